The van der Waals surface area contributed by atoms with Crippen LogP contribution in [0.4, 0.5) is 0 Å². The number of hydrogen-bond donors (Lipinski definition) is 0. The monoisotopic (exact) mass is 594 g/mol. The van der Waals surface area contributed by atoms with Crippen molar-refractivity contribution in [3.05, 3.63) is 72.3 Å². The largest absolute Gasteiger partial charge is 0.237 e. The summed E-state index contributed by atoms with van der Waals surface area (Å²) in [6.07, 6.45) is 28.5. The van der Waals surface area contributed by atoms with Crippen molar-refractivity contribution in [2.45, 2.75) is 99.7 Å². The van der Waals surface area contributed by atoms with Crippen molar-refractivity contribution in [3.63, 3.8) is 0 Å². The lowest BCUT2D eigenvalue weighted by atomic mass is 9.55. The predicted octanol–water partition coefficient (Wildman–Crippen LogP) is 7.82. The second-order valence-electron chi connectivity index (χ2n) is 15.3. The standard InChI is InChI=1S/C36H44N4P2/c1-2-6-32(31(5-1)23-41(33-37-7-3-8-38-33)34-39-9-4-10-40-34)24-42(35-17-25-11-26(18-35)13-27(12-25)19-35)36-20-28-14-29(21-36)16-30(15-28)22-36/h1-10,25-30H,11-24H2. The van der Waals surface area contributed by atoms with Crippen molar-refractivity contribution in [1.82, 2.24) is 19.9 Å². The minimum atomic E-state index is -0.860. The van der Waals surface area contributed by atoms with Gasteiger partial charge in [-0.25, -0.2) is 19.9 Å². The minimum absolute atomic E-state index is 0.0901. The van der Waals surface area contributed by atoms with E-state index in [2.05, 4.69) is 24.3 Å². The summed E-state index contributed by atoms with van der Waals surface area (Å²) in [6.45, 7) is 0. The van der Waals surface area contributed by atoms with Crippen LogP contribution in [0.5, 0.6) is 0 Å². The molecule has 0 saturated heterocycles. The Morgan fingerprint density at radius 1 is 0.500 bits per heavy atom. The molecule has 0 radical (unpaired) electrons. The van der Waals surface area contributed by atoms with Gasteiger partial charge in [-0.15, -0.1) is 0 Å². The fourth-order valence-corrected chi connectivity index (χ4v) is 19.1. The Morgan fingerprint density at radius 3 is 1.24 bits per heavy atom. The van der Waals surface area contributed by atoms with Crippen LogP contribution in [0.2, 0.25) is 0 Å². The summed E-state index contributed by atoms with van der Waals surface area (Å²) in [5.41, 5.74) is 4.94. The van der Waals surface area contributed by atoms with Gasteiger partial charge in [-0.2, -0.15) is 0 Å². The lowest BCUT2D eigenvalue weighted by Gasteiger charge is -2.67. The third-order valence-corrected chi connectivity index (χ3v) is 18.6. The van der Waals surface area contributed by atoms with E-state index in [1.807, 2.05) is 36.9 Å². The maximum Gasteiger partial charge on any atom is 0.158 e. The summed E-state index contributed by atoms with van der Waals surface area (Å²) < 4.78 is 0. The Morgan fingerprint density at radius 2 is 0.857 bits per heavy atom. The molecule has 218 valence electrons. The van der Waals surface area contributed by atoms with Gasteiger partial charge in [0.1, 0.15) is 0 Å². The van der Waals surface area contributed by atoms with Gasteiger partial charge in [0.05, 0.1) is 0 Å². The number of rotatable bonds is 8. The van der Waals surface area contributed by atoms with Crippen molar-refractivity contribution in [1.29, 1.82) is 0 Å². The molecule has 0 amide bonds. The van der Waals surface area contributed by atoms with E-state index < -0.39 is 7.92 Å². The van der Waals surface area contributed by atoms with Crippen LogP contribution in [0.25, 0.3) is 0 Å². The van der Waals surface area contributed by atoms with Crippen LogP contribution < -0.4 is 11.1 Å². The van der Waals surface area contributed by atoms with Gasteiger partial charge in [0.15, 0.2) is 11.1 Å². The molecule has 42 heavy (non-hydrogen) atoms. The lowest BCUT2D eigenvalue weighted by molar-refractivity contribution is 0.0184. The Kier molecular flexibility index (Phi) is 6.60. The molecule has 2 heterocycles. The second-order valence-corrected chi connectivity index (χ2v) is 20.4. The van der Waals surface area contributed by atoms with Crippen LogP contribution in [0.1, 0.15) is 88.2 Å². The molecule has 8 bridgehead atoms. The highest BCUT2D eigenvalue weighted by Gasteiger charge is 2.62. The average Bonchev–Trinajstić information content (AvgIpc) is 2.98. The summed E-state index contributed by atoms with van der Waals surface area (Å²) in [6, 6.07) is 13.4. The lowest BCUT2D eigenvalue weighted by Crippen LogP contribution is -2.56. The molecule has 8 saturated carbocycles. The van der Waals surface area contributed by atoms with Gasteiger partial charge >= 0.3 is 0 Å². The summed E-state index contributed by atoms with van der Waals surface area (Å²) in [5, 5.41) is 1.30. The second kappa shape index (κ2) is 10.4. The molecule has 3 aromatic rings. The van der Waals surface area contributed by atoms with E-state index in [9.17, 15) is 0 Å². The molecule has 8 aliphatic carbocycles. The van der Waals surface area contributed by atoms with Gasteiger partial charge in [-0.3, -0.25) is 0 Å². The SMILES string of the molecule is c1cnc(P(Cc2ccccc2CP(C23CC4CC(CC(C4)C2)C3)C23CC4CC(CC(C4)C2)C3)c2ncccn2)nc1. The van der Waals surface area contributed by atoms with Crippen LogP contribution in [0.15, 0.2) is 61.2 Å². The molecule has 0 aliphatic heterocycles. The molecule has 11 rings (SSSR count). The van der Waals surface area contributed by atoms with Gasteiger partial charge in [0, 0.05) is 38.9 Å². The van der Waals surface area contributed by atoms with Gasteiger partial charge < -0.3 is 0 Å². The molecule has 1 aromatic carbocycles. The summed E-state index contributed by atoms with van der Waals surface area (Å²) in [4.78, 5) is 19.0. The van der Waals surface area contributed by atoms with Crippen LogP contribution >= 0.6 is 15.8 Å². The molecule has 4 nitrogen and oxygen atoms in total. The van der Waals surface area contributed by atoms with E-state index in [4.69, 9.17) is 19.9 Å². The first kappa shape index (κ1) is 26.6. The maximum absolute atomic E-state index is 4.74. The van der Waals surface area contributed by atoms with E-state index >= 15 is 0 Å². The third kappa shape index (κ3) is 4.61. The molecule has 0 N–H and O–H groups in total. The highest BCUT2D eigenvalue weighted by molar-refractivity contribution is 7.71. The Balaban J connectivity index is 1.11. The van der Waals surface area contributed by atoms with Gasteiger partial charge in [-0.05, 0) is 152 Å². The van der Waals surface area contributed by atoms with Gasteiger partial charge in [0.25, 0.3) is 0 Å². The molecular formula is C36H44N4P2. The van der Waals surface area contributed by atoms with Crippen LogP contribution in [0, 0.1) is 35.5 Å². The topological polar surface area (TPSA) is 51.6 Å². The molecule has 2 aromatic heterocycles. The maximum atomic E-state index is 4.74. The first-order valence-electron chi connectivity index (χ1n) is 16.8. The molecule has 0 unspecified atom stereocenters. The van der Waals surface area contributed by atoms with Crippen molar-refractivity contribution in [3.8, 4) is 0 Å². The van der Waals surface area contributed by atoms with Crippen molar-refractivity contribution >= 4 is 27.0 Å². The quantitative estimate of drug-likeness (QED) is 0.250. The van der Waals surface area contributed by atoms with Crippen molar-refractivity contribution < 1.29 is 0 Å². The third-order valence-electron chi connectivity index (χ3n) is 12.5. The van der Waals surface area contributed by atoms with Crippen molar-refractivity contribution in [2.24, 2.45) is 35.5 Å². The Hall–Kier alpha value is -1.76. The first-order valence-corrected chi connectivity index (χ1v) is 19.8. The number of benzene rings is 1. The Bertz CT molecular complexity index is 1270. The predicted molar refractivity (Wildman–Crippen MR) is 173 cm³/mol. The zero-order valence-corrected chi connectivity index (χ0v) is 26.6. The highest BCUT2D eigenvalue weighted by atomic mass is 31.1. The fraction of sp³-hybridized carbons (Fsp3) is 0.611. The van der Waals surface area contributed by atoms with E-state index in [0.29, 0.717) is 10.3 Å². The fourth-order valence-electron chi connectivity index (χ4n) is 11.9. The van der Waals surface area contributed by atoms with E-state index in [-0.39, 0.29) is 7.92 Å². The smallest absolute Gasteiger partial charge is 0.158 e. The molecule has 6 heteroatoms. The van der Waals surface area contributed by atoms with Crippen LogP contribution in [-0.2, 0) is 12.3 Å². The zero-order valence-electron chi connectivity index (χ0n) is 24.8. The first-order chi connectivity index (χ1) is 20.6. The molecular weight excluding hydrogens is 550 g/mol. The summed E-state index contributed by atoms with van der Waals surface area (Å²) >= 11 is 0. The summed E-state index contributed by atoms with van der Waals surface area (Å²) in [5.74, 6) is 6.19. The van der Waals surface area contributed by atoms with Crippen LogP contribution in [-0.4, -0.2) is 30.2 Å². The molecule has 0 spiro atoms. The van der Waals surface area contributed by atoms with Gasteiger partial charge in [-0.1, -0.05) is 32.2 Å². The number of aromatic nitrogens is 4. The zero-order chi connectivity index (χ0) is 27.7. The van der Waals surface area contributed by atoms with E-state index in [1.165, 1.54) is 11.7 Å². The Labute approximate surface area is 253 Å². The van der Waals surface area contributed by atoms with Crippen molar-refractivity contribution in [2.75, 3.05) is 0 Å². The minimum Gasteiger partial charge on any atom is -0.237 e. The molecule has 8 aliphatic rings. The van der Waals surface area contributed by atoms with E-state index in [0.717, 1.165) is 52.8 Å². The summed E-state index contributed by atoms with van der Waals surface area (Å²) in [7, 11) is -0.950. The van der Waals surface area contributed by atoms with Crippen LogP contribution in [0.3, 0.4) is 0 Å². The number of hydrogen-bond acceptors (Lipinski definition) is 4. The molecule has 8 fully saturated rings. The average molecular weight is 595 g/mol. The van der Waals surface area contributed by atoms with Gasteiger partial charge in [0.2, 0.25) is 0 Å². The normalized spacial score (nSPS) is 38.3. The van der Waals surface area contributed by atoms with E-state index in [1.54, 1.807) is 82.6 Å². The number of nitrogens with zero attached hydrogens (tertiary/aromatic N) is 4. The highest BCUT2D eigenvalue weighted by Crippen LogP contribution is 2.79. The molecule has 0 atom stereocenters.